The van der Waals surface area contributed by atoms with Crippen LogP contribution in [0.25, 0.3) is 0 Å². The first-order valence-electron chi connectivity index (χ1n) is 6.86. The molecule has 2 N–H and O–H groups in total. The van der Waals surface area contributed by atoms with Gasteiger partial charge in [-0.3, -0.25) is 9.59 Å². The summed E-state index contributed by atoms with van der Waals surface area (Å²) in [6.45, 7) is 5.41. The molecule has 0 radical (unpaired) electrons. The van der Waals surface area contributed by atoms with Crippen LogP contribution in [0.2, 0.25) is 0 Å². The summed E-state index contributed by atoms with van der Waals surface area (Å²) in [5.74, 6) is -0.907. The van der Waals surface area contributed by atoms with Gasteiger partial charge in [0, 0.05) is 11.6 Å². The molecule has 1 aliphatic carbocycles. The third kappa shape index (κ3) is 2.84. The fourth-order valence-electron chi connectivity index (χ4n) is 2.90. The summed E-state index contributed by atoms with van der Waals surface area (Å²) in [6.07, 6.45) is 1.85. The average Bonchev–Trinajstić information content (AvgIpc) is 2.96. The zero-order valence-electron chi connectivity index (χ0n) is 12.0. The molecule has 0 aromatic carbocycles. The lowest BCUT2D eigenvalue weighted by Crippen LogP contribution is -2.36. The highest BCUT2D eigenvalue weighted by Crippen LogP contribution is 2.28. The van der Waals surface area contributed by atoms with Crippen molar-refractivity contribution in [2.75, 3.05) is 0 Å². The topological polar surface area (TPSA) is 92.4 Å². The number of aromatic nitrogens is 1. The number of carbonyl (C=O) groups is 2. The van der Waals surface area contributed by atoms with E-state index in [1.54, 1.807) is 6.92 Å². The Hall–Kier alpha value is -1.85. The summed E-state index contributed by atoms with van der Waals surface area (Å²) in [6, 6.07) is -0.0495. The standard InChI is InChI=1S/C14H20N2O4/c1-7(12-8(2)16-20-9(12)3)13(17)15-11-5-4-10(6-11)14(18)19/h7,10-11H,4-6H2,1-3H3,(H,15,17)(H,18,19). The van der Waals surface area contributed by atoms with E-state index in [-0.39, 0.29) is 23.8 Å². The van der Waals surface area contributed by atoms with Crippen LogP contribution in [-0.4, -0.2) is 28.2 Å². The van der Waals surface area contributed by atoms with Gasteiger partial charge in [0.05, 0.1) is 17.5 Å². The van der Waals surface area contributed by atoms with E-state index in [0.717, 1.165) is 17.7 Å². The number of aliphatic carboxylic acids is 1. The number of hydrogen-bond donors (Lipinski definition) is 2. The van der Waals surface area contributed by atoms with E-state index in [2.05, 4.69) is 10.5 Å². The quantitative estimate of drug-likeness (QED) is 0.876. The van der Waals surface area contributed by atoms with E-state index in [1.807, 2.05) is 13.8 Å². The van der Waals surface area contributed by atoms with Gasteiger partial charge in [-0.05, 0) is 40.0 Å². The van der Waals surface area contributed by atoms with Crippen LogP contribution in [0.1, 0.15) is 49.1 Å². The van der Waals surface area contributed by atoms with E-state index in [0.29, 0.717) is 18.6 Å². The highest BCUT2D eigenvalue weighted by molar-refractivity contribution is 5.84. The van der Waals surface area contributed by atoms with E-state index < -0.39 is 5.97 Å². The number of carboxylic acids is 1. The van der Waals surface area contributed by atoms with E-state index in [1.165, 1.54) is 0 Å². The number of hydrogen-bond acceptors (Lipinski definition) is 4. The Morgan fingerprint density at radius 3 is 2.60 bits per heavy atom. The van der Waals surface area contributed by atoms with Crippen LogP contribution in [0.5, 0.6) is 0 Å². The minimum atomic E-state index is -0.777. The molecule has 0 saturated heterocycles. The summed E-state index contributed by atoms with van der Waals surface area (Å²) in [4.78, 5) is 23.2. The maximum atomic E-state index is 12.3. The zero-order chi connectivity index (χ0) is 14.9. The average molecular weight is 280 g/mol. The van der Waals surface area contributed by atoms with Crippen LogP contribution in [0.4, 0.5) is 0 Å². The normalized spacial score (nSPS) is 23.6. The molecule has 3 atom stereocenters. The molecule has 6 nitrogen and oxygen atoms in total. The molecule has 3 unspecified atom stereocenters. The summed E-state index contributed by atoms with van der Waals surface area (Å²) >= 11 is 0. The van der Waals surface area contributed by atoms with Crippen molar-refractivity contribution in [1.82, 2.24) is 10.5 Å². The van der Waals surface area contributed by atoms with Crippen molar-refractivity contribution in [2.45, 2.75) is 52.0 Å². The third-order valence-corrected chi connectivity index (χ3v) is 4.04. The number of rotatable bonds is 4. The fourth-order valence-corrected chi connectivity index (χ4v) is 2.90. The molecule has 1 aromatic rings. The Kier molecular flexibility index (Phi) is 4.11. The second-order valence-electron chi connectivity index (χ2n) is 5.51. The first-order chi connectivity index (χ1) is 9.40. The largest absolute Gasteiger partial charge is 0.481 e. The van der Waals surface area contributed by atoms with Crippen molar-refractivity contribution in [2.24, 2.45) is 5.92 Å². The minimum Gasteiger partial charge on any atom is -0.481 e. The van der Waals surface area contributed by atoms with Crippen LogP contribution >= 0.6 is 0 Å². The van der Waals surface area contributed by atoms with Gasteiger partial charge in [-0.1, -0.05) is 5.16 Å². The van der Waals surface area contributed by atoms with Crippen molar-refractivity contribution >= 4 is 11.9 Å². The fraction of sp³-hybridized carbons (Fsp3) is 0.643. The highest BCUT2D eigenvalue weighted by Gasteiger charge is 2.32. The van der Waals surface area contributed by atoms with Gasteiger partial charge in [-0.2, -0.15) is 0 Å². The Morgan fingerprint density at radius 2 is 2.10 bits per heavy atom. The second-order valence-corrected chi connectivity index (χ2v) is 5.51. The Balaban J connectivity index is 1.97. The molecule has 6 heteroatoms. The van der Waals surface area contributed by atoms with Gasteiger partial charge in [-0.15, -0.1) is 0 Å². The van der Waals surface area contributed by atoms with Gasteiger partial charge >= 0.3 is 5.97 Å². The van der Waals surface area contributed by atoms with E-state index >= 15 is 0 Å². The molecule has 1 aliphatic rings. The number of carbonyl (C=O) groups excluding carboxylic acids is 1. The van der Waals surface area contributed by atoms with Crippen molar-refractivity contribution in [3.8, 4) is 0 Å². The first-order valence-corrected chi connectivity index (χ1v) is 6.86. The maximum absolute atomic E-state index is 12.3. The second kappa shape index (κ2) is 5.64. The zero-order valence-corrected chi connectivity index (χ0v) is 12.0. The number of nitrogens with zero attached hydrogens (tertiary/aromatic N) is 1. The molecule has 2 rings (SSSR count). The molecule has 1 amide bonds. The minimum absolute atomic E-state index is 0.0495. The molecule has 1 fully saturated rings. The maximum Gasteiger partial charge on any atom is 0.306 e. The summed E-state index contributed by atoms with van der Waals surface area (Å²) in [7, 11) is 0. The van der Waals surface area contributed by atoms with Crippen molar-refractivity contribution < 1.29 is 19.2 Å². The van der Waals surface area contributed by atoms with Crippen LogP contribution in [0.15, 0.2) is 4.52 Å². The van der Waals surface area contributed by atoms with E-state index in [4.69, 9.17) is 9.63 Å². The molecule has 0 spiro atoms. The monoisotopic (exact) mass is 280 g/mol. The molecule has 1 heterocycles. The number of aryl methyl sites for hydroxylation is 2. The summed E-state index contributed by atoms with van der Waals surface area (Å²) in [5, 5.41) is 15.8. The number of carboxylic acid groups (broad SMARTS) is 1. The summed E-state index contributed by atoms with van der Waals surface area (Å²) in [5.41, 5.74) is 1.54. The van der Waals surface area contributed by atoms with Gasteiger partial charge in [0.2, 0.25) is 5.91 Å². The van der Waals surface area contributed by atoms with Crippen LogP contribution in [0.3, 0.4) is 0 Å². The van der Waals surface area contributed by atoms with Crippen molar-refractivity contribution in [3.05, 3.63) is 17.0 Å². The highest BCUT2D eigenvalue weighted by atomic mass is 16.5. The van der Waals surface area contributed by atoms with Crippen LogP contribution < -0.4 is 5.32 Å². The molecule has 20 heavy (non-hydrogen) atoms. The number of nitrogens with one attached hydrogen (secondary N) is 1. The SMILES string of the molecule is Cc1noc(C)c1C(C)C(=O)NC1CCC(C(=O)O)C1. The lowest BCUT2D eigenvalue weighted by atomic mass is 9.98. The van der Waals surface area contributed by atoms with Gasteiger partial charge in [-0.25, -0.2) is 0 Å². The summed E-state index contributed by atoms with van der Waals surface area (Å²) < 4.78 is 5.08. The molecule has 0 bridgehead atoms. The van der Waals surface area contributed by atoms with Crippen LogP contribution in [-0.2, 0) is 9.59 Å². The lowest BCUT2D eigenvalue weighted by Gasteiger charge is -2.16. The van der Waals surface area contributed by atoms with Gasteiger partial charge in [0.25, 0.3) is 0 Å². The van der Waals surface area contributed by atoms with E-state index in [9.17, 15) is 9.59 Å². The molecule has 1 saturated carbocycles. The number of amides is 1. The Bertz CT molecular complexity index is 504. The predicted molar refractivity (Wildman–Crippen MR) is 71.3 cm³/mol. The predicted octanol–water partition coefficient (Wildman–Crippen LogP) is 1.76. The smallest absolute Gasteiger partial charge is 0.306 e. The lowest BCUT2D eigenvalue weighted by molar-refractivity contribution is -0.141. The molecule has 0 aliphatic heterocycles. The van der Waals surface area contributed by atoms with Gasteiger partial charge < -0.3 is 14.9 Å². The van der Waals surface area contributed by atoms with Gasteiger partial charge in [0.1, 0.15) is 5.76 Å². The van der Waals surface area contributed by atoms with Crippen molar-refractivity contribution in [1.29, 1.82) is 0 Å². The molecule has 1 aromatic heterocycles. The van der Waals surface area contributed by atoms with Crippen LogP contribution in [0, 0.1) is 19.8 Å². The van der Waals surface area contributed by atoms with Crippen molar-refractivity contribution in [3.63, 3.8) is 0 Å². The Labute approximate surface area is 117 Å². The first kappa shape index (κ1) is 14.6. The molecule has 110 valence electrons. The molecular formula is C14H20N2O4. The third-order valence-electron chi connectivity index (χ3n) is 4.04. The molecular weight excluding hydrogens is 260 g/mol. The Morgan fingerprint density at radius 1 is 1.40 bits per heavy atom. The van der Waals surface area contributed by atoms with Gasteiger partial charge in [0.15, 0.2) is 0 Å².